The number of ether oxygens (including phenoxy) is 1. The standard InChI is InChI=1S/C39H26O/c1-2-33(32-24-30(27-13-5-3-6-14-27)23-31(25-32)28-15-7-4-8-16-28)29-21-22-39-37(26-29)35-18-10-9-17-34(35)36-19-11-12-20-38(36)40-39/h3-26H,1H2. The molecule has 0 radical (unpaired) electrons. The fourth-order valence-electron chi connectivity index (χ4n) is 5.57. The first kappa shape index (κ1) is 23.7. The lowest BCUT2D eigenvalue weighted by molar-refractivity contribution is 0.487. The maximum absolute atomic E-state index is 6.47. The normalized spacial score (nSPS) is 11.2. The minimum atomic E-state index is 0.840. The average Bonchev–Trinajstić information content (AvgIpc) is 3.17. The molecule has 1 heterocycles. The molecule has 0 N–H and O–H groups in total. The second-order valence-electron chi connectivity index (χ2n) is 9.94. The first-order valence-electron chi connectivity index (χ1n) is 13.5. The van der Waals surface area contributed by atoms with E-state index in [0.717, 1.165) is 61.6 Å². The van der Waals surface area contributed by atoms with E-state index in [9.17, 15) is 0 Å². The van der Waals surface area contributed by atoms with Gasteiger partial charge in [-0.15, -0.1) is 5.73 Å². The van der Waals surface area contributed by atoms with Crippen LogP contribution in [0.2, 0.25) is 0 Å². The molecule has 0 aromatic heterocycles. The Morgan fingerprint density at radius 2 is 0.950 bits per heavy atom. The fraction of sp³-hybridized carbons (Fsp3) is 0. The van der Waals surface area contributed by atoms with E-state index in [1.807, 2.05) is 12.1 Å². The quantitative estimate of drug-likeness (QED) is 0.214. The van der Waals surface area contributed by atoms with Gasteiger partial charge in [-0.1, -0.05) is 110 Å². The zero-order valence-corrected chi connectivity index (χ0v) is 22.0. The van der Waals surface area contributed by atoms with Gasteiger partial charge in [-0.25, -0.2) is 0 Å². The summed E-state index contributed by atoms with van der Waals surface area (Å²) in [5.74, 6) is 1.71. The number of fused-ring (bicyclic) bond motifs is 5. The van der Waals surface area contributed by atoms with Gasteiger partial charge in [0.25, 0.3) is 0 Å². The molecule has 188 valence electrons. The van der Waals surface area contributed by atoms with Crippen LogP contribution < -0.4 is 4.74 Å². The number of hydrogen-bond donors (Lipinski definition) is 0. The van der Waals surface area contributed by atoms with Crippen molar-refractivity contribution in [2.75, 3.05) is 0 Å². The number of benzene rings is 6. The van der Waals surface area contributed by atoms with Crippen molar-refractivity contribution in [2.24, 2.45) is 0 Å². The van der Waals surface area contributed by atoms with Gasteiger partial charge in [0.05, 0.1) is 0 Å². The molecule has 6 aromatic rings. The lowest BCUT2D eigenvalue weighted by Gasteiger charge is -2.15. The van der Waals surface area contributed by atoms with Crippen LogP contribution in [0.15, 0.2) is 158 Å². The van der Waals surface area contributed by atoms with Crippen LogP contribution in [0.4, 0.5) is 0 Å². The average molecular weight is 511 g/mol. The number of rotatable bonds is 4. The molecule has 1 aliphatic heterocycles. The van der Waals surface area contributed by atoms with Crippen LogP contribution in [0, 0.1) is 0 Å². The third-order valence-electron chi connectivity index (χ3n) is 7.50. The van der Waals surface area contributed by atoms with Crippen molar-refractivity contribution in [1.82, 2.24) is 0 Å². The van der Waals surface area contributed by atoms with Crippen molar-refractivity contribution in [1.29, 1.82) is 0 Å². The Bertz CT molecular complexity index is 1850. The largest absolute Gasteiger partial charge is 0.456 e. The van der Waals surface area contributed by atoms with Crippen molar-refractivity contribution < 1.29 is 4.74 Å². The van der Waals surface area contributed by atoms with E-state index < -0.39 is 0 Å². The summed E-state index contributed by atoms with van der Waals surface area (Å²) < 4.78 is 6.47. The minimum Gasteiger partial charge on any atom is -0.456 e. The topological polar surface area (TPSA) is 9.23 Å². The molecule has 0 unspecified atom stereocenters. The number of hydrogen-bond acceptors (Lipinski definition) is 1. The van der Waals surface area contributed by atoms with Crippen LogP contribution in [0.25, 0.3) is 50.1 Å². The number of para-hydroxylation sites is 1. The molecule has 0 bridgehead atoms. The van der Waals surface area contributed by atoms with Gasteiger partial charge in [0.1, 0.15) is 11.5 Å². The molecule has 0 spiro atoms. The molecule has 0 aliphatic carbocycles. The Balaban J connectivity index is 1.40. The molecule has 0 saturated heterocycles. The molecule has 1 nitrogen and oxygen atoms in total. The predicted octanol–water partition coefficient (Wildman–Crippen LogP) is 10.7. The summed E-state index contributed by atoms with van der Waals surface area (Å²) in [7, 11) is 0. The van der Waals surface area contributed by atoms with Gasteiger partial charge in [-0.05, 0) is 87.0 Å². The van der Waals surface area contributed by atoms with Gasteiger partial charge in [0.2, 0.25) is 0 Å². The highest BCUT2D eigenvalue weighted by Gasteiger charge is 2.21. The highest BCUT2D eigenvalue weighted by atomic mass is 16.5. The first-order chi connectivity index (χ1) is 19.8. The monoisotopic (exact) mass is 510 g/mol. The van der Waals surface area contributed by atoms with Gasteiger partial charge in [0.15, 0.2) is 0 Å². The van der Waals surface area contributed by atoms with Crippen molar-refractivity contribution in [3.63, 3.8) is 0 Å². The molecular weight excluding hydrogens is 484 g/mol. The molecule has 1 aliphatic rings. The summed E-state index contributed by atoms with van der Waals surface area (Å²) in [5.41, 5.74) is 15.5. The lowest BCUT2D eigenvalue weighted by atomic mass is 9.89. The van der Waals surface area contributed by atoms with Gasteiger partial charge in [-0.3, -0.25) is 0 Å². The Hall–Kier alpha value is -5.36. The maximum Gasteiger partial charge on any atom is 0.135 e. The van der Waals surface area contributed by atoms with Crippen LogP contribution >= 0.6 is 0 Å². The van der Waals surface area contributed by atoms with Crippen LogP contribution in [0.3, 0.4) is 0 Å². The molecule has 0 atom stereocenters. The SMILES string of the molecule is C=C=C(c1cc(-c2ccccc2)cc(-c2ccccc2)c1)c1ccc2c(c1)-c1ccccc1-c1ccccc1O2. The van der Waals surface area contributed by atoms with Crippen molar-refractivity contribution >= 4 is 5.57 Å². The van der Waals surface area contributed by atoms with E-state index in [1.165, 1.54) is 11.1 Å². The van der Waals surface area contributed by atoms with E-state index >= 15 is 0 Å². The highest BCUT2D eigenvalue weighted by molar-refractivity contribution is 5.93. The maximum atomic E-state index is 6.47. The third kappa shape index (κ3) is 4.25. The Labute approximate surface area is 235 Å². The predicted molar refractivity (Wildman–Crippen MR) is 166 cm³/mol. The fourth-order valence-corrected chi connectivity index (χ4v) is 5.57. The molecule has 0 fully saturated rings. The van der Waals surface area contributed by atoms with Crippen LogP contribution in [0.1, 0.15) is 11.1 Å². The van der Waals surface area contributed by atoms with Crippen molar-refractivity contribution in [3.05, 3.63) is 169 Å². The van der Waals surface area contributed by atoms with Crippen LogP contribution in [-0.4, -0.2) is 0 Å². The molecule has 6 aromatic carbocycles. The second kappa shape index (κ2) is 10.1. The Kier molecular flexibility index (Phi) is 5.98. The summed E-state index contributed by atoms with van der Waals surface area (Å²) in [6.07, 6.45) is 0. The molecule has 1 heteroatoms. The smallest absolute Gasteiger partial charge is 0.135 e. The van der Waals surface area contributed by atoms with E-state index in [2.05, 4.69) is 146 Å². The zero-order chi connectivity index (χ0) is 26.9. The van der Waals surface area contributed by atoms with Gasteiger partial charge in [0, 0.05) is 16.7 Å². The lowest BCUT2D eigenvalue weighted by Crippen LogP contribution is -1.93. The molecule has 7 rings (SSSR count). The van der Waals surface area contributed by atoms with E-state index in [4.69, 9.17) is 4.74 Å². The van der Waals surface area contributed by atoms with E-state index in [1.54, 1.807) is 0 Å². The summed E-state index contributed by atoms with van der Waals surface area (Å²) in [5, 5.41) is 0. The molecule has 0 amide bonds. The summed E-state index contributed by atoms with van der Waals surface area (Å²) in [6, 6.07) is 50.9. The van der Waals surface area contributed by atoms with E-state index in [-0.39, 0.29) is 0 Å². The van der Waals surface area contributed by atoms with Crippen LogP contribution in [0.5, 0.6) is 11.5 Å². The zero-order valence-electron chi connectivity index (χ0n) is 22.0. The van der Waals surface area contributed by atoms with E-state index in [0.29, 0.717) is 0 Å². The van der Waals surface area contributed by atoms with Gasteiger partial charge in [-0.2, -0.15) is 0 Å². The Morgan fingerprint density at radius 1 is 0.425 bits per heavy atom. The Morgan fingerprint density at radius 3 is 1.57 bits per heavy atom. The minimum absolute atomic E-state index is 0.840. The third-order valence-corrected chi connectivity index (χ3v) is 7.50. The highest BCUT2D eigenvalue weighted by Crippen LogP contribution is 2.47. The van der Waals surface area contributed by atoms with Crippen molar-refractivity contribution in [3.8, 4) is 56.0 Å². The van der Waals surface area contributed by atoms with Gasteiger partial charge >= 0.3 is 0 Å². The summed E-state index contributed by atoms with van der Waals surface area (Å²) in [4.78, 5) is 0. The molecule has 0 saturated carbocycles. The summed E-state index contributed by atoms with van der Waals surface area (Å²) >= 11 is 0. The first-order valence-corrected chi connectivity index (χ1v) is 13.5. The molecule has 40 heavy (non-hydrogen) atoms. The van der Waals surface area contributed by atoms with Crippen LogP contribution in [-0.2, 0) is 0 Å². The van der Waals surface area contributed by atoms with Gasteiger partial charge < -0.3 is 4.74 Å². The van der Waals surface area contributed by atoms with Crippen molar-refractivity contribution in [2.45, 2.75) is 0 Å². The summed E-state index contributed by atoms with van der Waals surface area (Å²) in [6.45, 7) is 4.13. The molecular formula is C39H26O. The second-order valence-corrected chi connectivity index (χ2v) is 9.94.